The molecule has 0 aliphatic rings. The summed E-state index contributed by atoms with van der Waals surface area (Å²) in [6.07, 6.45) is 2.63. The Morgan fingerprint density at radius 3 is 2.15 bits per heavy atom. The fourth-order valence-corrected chi connectivity index (χ4v) is 2.14. The Morgan fingerprint density at radius 1 is 0.950 bits per heavy atom. The average molecular weight is 267 g/mol. The summed E-state index contributed by atoms with van der Waals surface area (Å²) in [6, 6.07) is 16.1. The van der Waals surface area contributed by atoms with Gasteiger partial charge in [0.1, 0.15) is 0 Å². The van der Waals surface area contributed by atoms with Gasteiger partial charge in [-0.2, -0.15) is 0 Å². The van der Waals surface area contributed by atoms with Crippen LogP contribution < -0.4 is 5.32 Å². The highest BCUT2D eigenvalue weighted by molar-refractivity contribution is 5.92. The van der Waals surface area contributed by atoms with Crippen molar-refractivity contribution in [1.29, 1.82) is 0 Å². The smallest absolute Gasteiger partial charge is 0.228 e. The third-order valence-electron chi connectivity index (χ3n) is 3.26. The van der Waals surface area contributed by atoms with Crippen LogP contribution in [0.2, 0.25) is 0 Å². The fraction of sp³-hybridized carbons (Fsp3) is 0.278. The Kier molecular flexibility index (Phi) is 4.94. The van der Waals surface area contributed by atoms with Gasteiger partial charge < -0.3 is 5.32 Å². The van der Waals surface area contributed by atoms with Gasteiger partial charge in [0.15, 0.2) is 0 Å². The van der Waals surface area contributed by atoms with Crippen molar-refractivity contribution in [2.75, 3.05) is 5.32 Å². The molecule has 0 aliphatic carbocycles. The Labute approximate surface area is 120 Å². The topological polar surface area (TPSA) is 29.1 Å². The van der Waals surface area contributed by atoms with Gasteiger partial charge in [0, 0.05) is 5.69 Å². The number of hydrogen-bond acceptors (Lipinski definition) is 1. The molecular formula is C18H21NO. The third kappa shape index (κ3) is 4.23. The average Bonchev–Trinajstić information content (AvgIpc) is 2.44. The molecule has 0 spiro atoms. The van der Waals surface area contributed by atoms with Crippen LogP contribution in [0.15, 0.2) is 48.5 Å². The first-order valence-electron chi connectivity index (χ1n) is 7.11. The highest BCUT2D eigenvalue weighted by Gasteiger charge is 2.04. The molecule has 0 heterocycles. The molecule has 104 valence electrons. The van der Waals surface area contributed by atoms with Crippen LogP contribution in [0.4, 0.5) is 5.69 Å². The molecule has 2 aromatic rings. The predicted molar refractivity (Wildman–Crippen MR) is 83.9 cm³/mol. The van der Waals surface area contributed by atoms with Crippen molar-refractivity contribution in [1.82, 2.24) is 0 Å². The molecule has 0 atom stereocenters. The van der Waals surface area contributed by atoms with Crippen LogP contribution in [0.5, 0.6) is 0 Å². The summed E-state index contributed by atoms with van der Waals surface area (Å²) in [5, 5.41) is 2.94. The van der Waals surface area contributed by atoms with E-state index < -0.39 is 0 Å². The van der Waals surface area contributed by atoms with Gasteiger partial charge in [-0.05, 0) is 36.6 Å². The van der Waals surface area contributed by atoms with Gasteiger partial charge in [-0.1, -0.05) is 55.3 Å². The van der Waals surface area contributed by atoms with Crippen LogP contribution in [-0.4, -0.2) is 5.91 Å². The van der Waals surface area contributed by atoms with Gasteiger partial charge in [0.25, 0.3) is 0 Å². The SMILES string of the molecule is CCCc1ccc(NC(=O)Cc2ccc(C)cc2)cc1. The van der Waals surface area contributed by atoms with Gasteiger partial charge in [-0.25, -0.2) is 0 Å². The minimum Gasteiger partial charge on any atom is -0.326 e. The predicted octanol–water partition coefficient (Wildman–Crippen LogP) is 4.13. The molecule has 2 aromatic carbocycles. The Hall–Kier alpha value is -2.09. The summed E-state index contributed by atoms with van der Waals surface area (Å²) in [6.45, 7) is 4.21. The van der Waals surface area contributed by atoms with E-state index in [2.05, 4.69) is 24.4 Å². The number of hydrogen-bond donors (Lipinski definition) is 1. The van der Waals surface area contributed by atoms with Crippen molar-refractivity contribution in [3.63, 3.8) is 0 Å². The lowest BCUT2D eigenvalue weighted by Gasteiger charge is -2.07. The molecule has 0 saturated carbocycles. The quantitative estimate of drug-likeness (QED) is 0.867. The van der Waals surface area contributed by atoms with Crippen molar-refractivity contribution in [2.45, 2.75) is 33.1 Å². The molecule has 1 N–H and O–H groups in total. The van der Waals surface area contributed by atoms with Crippen LogP contribution in [0.3, 0.4) is 0 Å². The minimum atomic E-state index is 0.0251. The normalized spacial score (nSPS) is 10.3. The highest BCUT2D eigenvalue weighted by Crippen LogP contribution is 2.12. The molecule has 2 heteroatoms. The maximum absolute atomic E-state index is 12.0. The zero-order valence-electron chi connectivity index (χ0n) is 12.1. The van der Waals surface area contributed by atoms with Crippen LogP contribution in [-0.2, 0) is 17.6 Å². The monoisotopic (exact) mass is 267 g/mol. The molecule has 0 saturated heterocycles. The van der Waals surface area contributed by atoms with Crippen LogP contribution in [0.25, 0.3) is 0 Å². The second-order valence-electron chi connectivity index (χ2n) is 5.16. The van der Waals surface area contributed by atoms with Crippen molar-refractivity contribution in [3.8, 4) is 0 Å². The van der Waals surface area contributed by atoms with Crippen molar-refractivity contribution in [3.05, 3.63) is 65.2 Å². The molecule has 1 amide bonds. The lowest BCUT2D eigenvalue weighted by molar-refractivity contribution is -0.115. The first-order chi connectivity index (χ1) is 9.67. The van der Waals surface area contributed by atoms with E-state index in [4.69, 9.17) is 0 Å². The number of carbonyl (C=O) groups is 1. The third-order valence-corrected chi connectivity index (χ3v) is 3.26. The van der Waals surface area contributed by atoms with E-state index in [1.165, 1.54) is 11.1 Å². The standard InChI is InChI=1S/C18H21NO/c1-3-4-15-9-11-17(12-10-15)19-18(20)13-16-7-5-14(2)6-8-16/h5-12H,3-4,13H2,1-2H3,(H,19,20). The number of rotatable bonds is 5. The summed E-state index contributed by atoms with van der Waals surface area (Å²) < 4.78 is 0. The van der Waals surface area contributed by atoms with Crippen molar-refractivity contribution >= 4 is 11.6 Å². The number of amides is 1. The summed E-state index contributed by atoms with van der Waals surface area (Å²) in [4.78, 5) is 12.0. The van der Waals surface area contributed by atoms with E-state index in [-0.39, 0.29) is 5.91 Å². The summed E-state index contributed by atoms with van der Waals surface area (Å²) >= 11 is 0. The number of anilines is 1. The van der Waals surface area contributed by atoms with Gasteiger partial charge in [0.05, 0.1) is 6.42 Å². The molecule has 0 fully saturated rings. The van der Waals surface area contributed by atoms with E-state index in [0.717, 1.165) is 24.1 Å². The summed E-state index contributed by atoms with van der Waals surface area (Å²) in [7, 11) is 0. The lowest BCUT2D eigenvalue weighted by Crippen LogP contribution is -2.14. The lowest BCUT2D eigenvalue weighted by atomic mass is 10.1. The van der Waals surface area contributed by atoms with Gasteiger partial charge in [-0.3, -0.25) is 4.79 Å². The van der Waals surface area contributed by atoms with E-state index in [1.54, 1.807) is 0 Å². The number of carbonyl (C=O) groups excluding carboxylic acids is 1. The molecule has 0 aromatic heterocycles. The van der Waals surface area contributed by atoms with Crippen LogP contribution >= 0.6 is 0 Å². The molecule has 2 rings (SSSR count). The number of nitrogens with one attached hydrogen (secondary N) is 1. The second-order valence-corrected chi connectivity index (χ2v) is 5.16. The van der Waals surface area contributed by atoms with Crippen molar-refractivity contribution < 1.29 is 4.79 Å². The first kappa shape index (κ1) is 14.3. The van der Waals surface area contributed by atoms with Gasteiger partial charge >= 0.3 is 0 Å². The molecule has 20 heavy (non-hydrogen) atoms. The van der Waals surface area contributed by atoms with Crippen molar-refractivity contribution in [2.24, 2.45) is 0 Å². The second kappa shape index (κ2) is 6.90. The fourth-order valence-electron chi connectivity index (χ4n) is 2.14. The zero-order valence-corrected chi connectivity index (χ0v) is 12.1. The summed E-state index contributed by atoms with van der Waals surface area (Å²) in [5.41, 5.74) is 4.42. The molecular weight excluding hydrogens is 246 g/mol. The first-order valence-corrected chi connectivity index (χ1v) is 7.11. The molecule has 2 nitrogen and oxygen atoms in total. The maximum Gasteiger partial charge on any atom is 0.228 e. The Morgan fingerprint density at radius 2 is 1.55 bits per heavy atom. The van der Waals surface area contributed by atoms with Crippen LogP contribution in [0.1, 0.15) is 30.0 Å². The van der Waals surface area contributed by atoms with Crippen LogP contribution in [0, 0.1) is 6.92 Å². The summed E-state index contributed by atoms with van der Waals surface area (Å²) in [5.74, 6) is 0.0251. The van der Waals surface area contributed by atoms with E-state index in [9.17, 15) is 4.79 Å². The van der Waals surface area contributed by atoms with Gasteiger partial charge in [-0.15, -0.1) is 0 Å². The molecule has 0 radical (unpaired) electrons. The molecule has 0 aliphatic heterocycles. The highest BCUT2D eigenvalue weighted by atomic mass is 16.1. The Bertz CT molecular complexity index is 555. The maximum atomic E-state index is 12.0. The van der Waals surface area contributed by atoms with Gasteiger partial charge in [0.2, 0.25) is 5.91 Å². The Balaban J connectivity index is 1.92. The minimum absolute atomic E-state index is 0.0251. The number of aryl methyl sites for hydroxylation is 2. The largest absolute Gasteiger partial charge is 0.326 e. The molecule has 0 bridgehead atoms. The van der Waals surface area contributed by atoms with E-state index in [1.807, 2.05) is 43.3 Å². The number of benzene rings is 2. The zero-order chi connectivity index (χ0) is 14.4. The van der Waals surface area contributed by atoms with E-state index in [0.29, 0.717) is 6.42 Å². The van der Waals surface area contributed by atoms with E-state index >= 15 is 0 Å². The molecule has 0 unspecified atom stereocenters.